The minimum absolute atomic E-state index is 0.213. The van der Waals surface area contributed by atoms with E-state index in [-0.39, 0.29) is 17.5 Å². The van der Waals surface area contributed by atoms with Gasteiger partial charge in [0.05, 0.1) is 5.92 Å². The predicted octanol–water partition coefficient (Wildman–Crippen LogP) is 1.58. The summed E-state index contributed by atoms with van der Waals surface area (Å²) in [6.45, 7) is 7.87. The van der Waals surface area contributed by atoms with Crippen molar-refractivity contribution in [2.75, 3.05) is 6.54 Å². The van der Waals surface area contributed by atoms with Crippen LogP contribution in [0.4, 0.5) is 4.79 Å². The average molecular weight is 230 g/mol. The van der Waals surface area contributed by atoms with Gasteiger partial charge in [0.25, 0.3) is 0 Å². The fraction of sp³-hybridized carbons (Fsp3) is 0.818. The molecule has 94 valence electrons. The summed E-state index contributed by atoms with van der Waals surface area (Å²) < 4.78 is 0. The lowest BCUT2D eigenvalue weighted by atomic mass is 10.1. The third-order valence-electron chi connectivity index (χ3n) is 2.01. The molecule has 0 heterocycles. The van der Waals surface area contributed by atoms with Crippen LogP contribution in [-0.2, 0) is 4.79 Å². The Morgan fingerprint density at radius 2 is 1.88 bits per heavy atom. The van der Waals surface area contributed by atoms with Crippen molar-refractivity contribution in [3.63, 3.8) is 0 Å². The van der Waals surface area contributed by atoms with Gasteiger partial charge in [0.15, 0.2) is 0 Å². The van der Waals surface area contributed by atoms with Crippen molar-refractivity contribution in [3.05, 3.63) is 0 Å². The number of amides is 2. The number of hydrogen-bond acceptors (Lipinski definition) is 2. The van der Waals surface area contributed by atoms with Crippen LogP contribution < -0.4 is 10.6 Å². The van der Waals surface area contributed by atoms with Crippen LogP contribution in [0, 0.1) is 5.92 Å². The van der Waals surface area contributed by atoms with Crippen molar-refractivity contribution in [2.24, 2.45) is 5.92 Å². The first-order valence-corrected chi connectivity index (χ1v) is 5.51. The Kier molecular flexibility index (Phi) is 5.85. The standard InChI is InChI=1S/C11H22N2O3/c1-8(9(14)15)6-5-7-12-10(16)13-11(2,3)4/h8H,5-7H2,1-4H3,(H,14,15)(H2,12,13,16). The third-order valence-corrected chi connectivity index (χ3v) is 2.01. The maximum atomic E-state index is 11.3. The average Bonchev–Trinajstić information content (AvgIpc) is 2.08. The van der Waals surface area contributed by atoms with Gasteiger partial charge >= 0.3 is 12.0 Å². The largest absolute Gasteiger partial charge is 0.481 e. The Morgan fingerprint density at radius 1 is 1.31 bits per heavy atom. The monoisotopic (exact) mass is 230 g/mol. The molecule has 3 N–H and O–H groups in total. The molecule has 0 saturated carbocycles. The smallest absolute Gasteiger partial charge is 0.315 e. The molecule has 1 unspecified atom stereocenters. The minimum Gasteiger partial charge on any atom is -0.481 e. The van der Waals surface area contributed by atoms with Crippen LogP contribution in [0.5, 0.6) is 0 Å². The van der Waals surface area contributed by atoms with E-state index >= 15 is 0 Å². The van der Waals surface area contributed by atoms with Crippen molar-refractivity contribution in [1.82, 2.24) is 10.6 Å². The number of urea groups is 1. The van der Waals surface area contributed by atoms with E-state index in [9.17, 15) is 9.59 Å². The molecule has 5 heteroatoms. The second-order valence-corrected chi connectivity index (χ2v) is 5.01. The van der Waals surface area contributed by atoms with E-state index in [1.165, 1.54) is 0 Å². The molecule has 0 aromatic rings. The zero-order valence-electron chi connectivity index (χ0n) is 10.5. The van der Waals surface area contributed by atoms with Crippen LogP contribution in [0.1, 0.15) is 40.5 Å². The van der Waals surface area contributed by atoms with E-state index in [2.05, 4.69) is 10.6 Å². The second-order valence-electron chi connectivity index (χ2n) is 5.01. The number of carboxylic acids is 1. The number of rotatable bonds is 5. The molecule has 0 aliphatic carbocycles. The van der Waals surface area contributed by atoms with E-state index in [1.807, 2.05) is 20.8 Å². The highest BCUT2D eigenvalue weighted by Gasteiger charge is 2.13. The zero-order chi connectivity index (χ0) is 12.8. The summed E-state index contributed by atoms with van der Waals surface area (Å²) in [6.07, 6.45) is 1.25. The number of carbonyl (C=O) groups excluding carboxylic acids is 1. The van der Waals surface area contributed by atoms with Crippen LogP contribution in [0.25, 0.3) is 0 Å². The maximum absolute atomic E-state index is 11.3. The SMILES string of the molecule is CC(CCCNC(=O)NC(C)(C)C)C(=O)O. The first-order chi connectivity index (χ1) is 7.22. The van der Waals surface area contributed by atoms with Gasteiger partial charge in [-0.1, -0.05) is 6.92 Å². The fourth-order valence-corrected chi connectivity index (χ4v) is 1.12. The third kappa shape index (κ3) is 8.08. The number of carboxylic acid groups (broad SMARTS) is 1. The lowest BCUT2D eigenvalue weighted by Gasteiger charge is -2.20. The molecule has 0 bridgehead atoms. The Morgan fingerprint density at radius 3 is 2.31 bits per heavy atom. The quantitative estimate of drug-likeness (QED) is 0.627. The van der Waals surface area contributed by atoms with Gasteiger partial charge in [-0.15, -0.1) is 0 Å². The Hall–Kier alpha value is -1.26. The van der Waals surface area contributed by atoms with Gasteiger partial charge in [-0.2, -0.15) is 0 Å². The Balaban J connectivity index is 3.60. The summed E-state index contributed by atoms with van der Waals surface area (Å²) in [6, 6.07) is -0.213. The highest BCUT2D eigenvalue weighted by atomic mass is 16.4. The van der Waals surface area contributed by atoms with Crippen molar-refractivity contribution < 1.29 is 14.7 Å². The summed E-state index contributed by atoms with van der Waals surface area (Å²) in [7, 11) is 0. The van der Waals surface area contributed by atoms with Gasteiger partial charge in [-0.25, -0.2) is 4.79 Å². The fourth-order valence-electron chi connectivity index (χ4n) is 1.12. The van der Waals surface area contributed by atoms with Crippen molar-refractivity contribution >= 4 is 12.0 Å². The summed E-state index contributed by atoms with van der Waals surface area (Å²) >= 11 is 0. The number of nitrogens with one attached hydrogen (secondary N) is 2. The molecule has 0 fully saturated rings. The van der Waals surface area contributed by atoms with Gasteiger partial charge in [0, 0.05) is 12.1 Å². The van der Waals surface area contributed by atoms with Gasteiger partial charge in [0.1, 0.15) is 0 Å². The normalized spacial score (nSPS) is 13.0. The molecule has 0 spiro atoms. The van der Waals surface area contributed by atoms with E-state index in [1.54, 1.807) is 6.92 Å². The first kappa shape index (κ1) is 14.7. The maximum Gasteiger partial charge on any atom is 0.315 e. The van der Waals surface area contributed by atoms with Crippen LogP contribution in [0.2, 0.25) is 0 Å². The zero-order valence-corrected chi connectivity index (χ0v) is 10.5. The molecule has 0 aliphatic heterocycles. The molecule has 1 atom stereocenters. The minimum atomic E-state index is -0.792. The summed E-state index contributed by atoms with van der Waals surface area (Å²) in [5.41, 5.74) is -0.252. The molecule has 0 rings (SSSR count). The van der Waals surface area contributed by atoms with Crippen molar-refractivity contribution in [2.45, 2.75) is 46.1 Å². The van der Waals surface area contributed by atoms with Gasteiger partial charge < -0.3 is 15.7 Å². The molecule has 2 amide bonds. The molecule has 5 nitrogen and oxygen atoms in total. The topological polar surface area (TPSA) is 78.4 Å². The molecular weight excluding hydrogens is 208 g/mol. The highest BCUT2D eigenvalue weighted by molar-refractivity contribution is 5.74. The van der Waals surface area contributed by atoms with E-state index < -0.39 is 5.97 Å². The van der Waals surface area contributed by atoms with Gasteiger partial charge in [0.2, 0.25) is 0 Å². The van der Waals surface area contributed by atoms with Crippen LogP contribution in [0.3, 0.4) is 0 Å². The van der Waals surface area contributed by atoms with Gasteiger partial charge in [-0.05, 0) is 33.6 Å². The van der Waals surface area contributed by atoms with Crippen LogP contribution in [0.15, 0.2) is 0 Å². The van der Waals surface area contributed by atoms with Crippen LogP contribution in [-0.4, -0.2) is 29.2 Å². The highest BCUT2D eigenvalue weighted by Crippen LogP contribution is 2.04. The van der Waals surface area contributed by atoms with E-state index in [0.717, 1.165) is 0 Å². The number of hydrogen-bond donors (Lipinski definition) is 3. The molecule has 0 aromatic carbocycles. The first-order valence-electron chi connectivity index (χ1n) is 5.51. The van der Waals surface area contributed by atoms with Crippen molar-refractivity contribution in [3.8, 4) is 0 Å². The Labute approximate surface area is 96.6 Å². The summed E-state index contributed by atoms with van der Waals surface area (Å²) in [5.74, 6) is -1.15. The molecule has 0 aromatic heterocycles. The lowest BCUT2D eigenvalue weighted by molar-refractivity contribution is -0.141. The molecule has 0 aliphatic rings. The molecule has 16 heavy (non-hydrogen) atoms. The molecular formula is C11H22N2O3. The Bertz CT molecular complexity index is 246. The summed E-state index contributed by atoms with van der Waals surface area (Å²) in [5, 5.41) is 14.1. The predicted molar refractivity (Wildman–Crippen MR) is 62.3 cm³/mol. The van der Waals surface area contributed by atoms with Crippen molar-refractivity contribution in [1.29, 1.82) is 0 Å². The van der Waals surface area contributed by atoms with Gasteiger partial charge in [-0.3, -0.25) is 4.79 Å². The number of aliphatic carboxylic acids is 1. The lowest BCUT2D eigenvalue weighted by Crippen LogP contribution is -2.46. The summed E-state index contributed by atoms with van der Waals surface area (Å²) in [4.78, 5) is 21.8. The van der Waals surface area contributed by atoms with Crippen LogP contribution >= 0.6 is 0 Å². The molecule has 0 saturated heterocycles. The second kappa shape index (κ2) is 6.35. The van der Waals surface area contributed by atoms with E-state index in [0.29, 0.717) is 19.4 Å². The molecule has 0 radical (unpaired) electrons. The van der Waals surface area contributed by atoms with E-state index in [4.69, 9.17) is 5.11 Å². The number of carbonyl (C=O) groups is 2.